The van der Waals surface area contributed by atoms with E-state index in [1.165, 1.54) is 0 Å². The summed E-state index contributed by atoms with van der Waals surface area (Å²) < 4.78 is 5.10. The molecule has 3 aliphatic rings. The van der Waals surface area contributed by atoms with Gasteiger partial charge in [-0.25, -0.2) is 0 Å². The maximum atomic E-state index is 12.6. The van der Waals surface area contributed by atoms with Crippen molar-refractivity contribution in [3.8, 4) is 0 Å². The average molecular weight is 445 g/mol. The molecular weight excluding hydrogens is 423 g/mol. The Kier molecular flexibility index (Phi) is 3.55. The van der Waals surface area contributed by atoms with E-state index in [9.17, 15) is 9.90 Å². The van der Waals surface area contributed by atoms with E-state index in [4.69, 9.17) is 16.3 Å². The van der Waals surface area contributed by atoms with Gasteiger partial charge < -0.3 is 9.84 Å². The number of fused-ring (bicyclic) bond motifs is 1. The molecule has 7 atom stereocenters. The van der Waals surface area contributed by atoms with Gasteiger partial charge in [0.15, 0.2) is 4.51 Å². The van der Waals surface area contributed by atoms with Crippen LogP contribution in [0.2, 0.25) is 0 Å². The Morgan fingerprint density at radius 2 is 1.90 bits per heavy atom. The summed E-state index contributed by atoms with van der Waals surface area (Å²) >= 11 is 13.9. The van der Waals surface area contributed by atoms with Crippen LogP contribution < -0.4 is 0 Å². The zero-order chi connectivity index (χ0) is 16.0. The van der Waals surface area contributed by atoms with Crippen LogP contribution >= 0.6 is 43.5 Å². The topological polar surface area (TPSA) is 46.5 Å². The molecule has 3 fully saturated rings. The molecule has 0 aromatic heterocycles. The second-order valence-electron chi connectivity index (χ2n) is 7.62. The van der Waals surface area contributed by atoms with Crippen molar-refractivity contribution in [2.24, 2.45) is 16.7 Å². The summed E-state index contributed by atoms with van der Waals surface area (Å²) in [5.41, 5.74) is -0.702. The predicted molar refractivity (Wildman–Crippen MR) is 89.1 cm³/mol. The number of hydrogen-bond donors (Lipinski definition) is 1. The van der Waals surface area contributed by atoms with Crippen molar-refractivity contribution in [1.82, 2.24) is 0 Å². The van der Waals surface area contributed by atoms with E-state index in [2.05, 4.69) is 45.7 Å². The molecule has 3 rings (SSSR count). The normalized spacial score (nSPS) is 59.0. The third-order valence-corrected chi connectivity index (χ3v) is 10.1. The van der Waals surface area contributed by atoms with Crippen molar-refractivity contribution >= 4 is 49.2 Å². The molecule has 2 aliphatic carbocycles. The van der Waals surface area contributed by atoms with Gasteiger partial charge in [-0.2, -0.15) is 0 Å². The highest BCUT2D eigenvalue weighted by Crippen LogP contribution is 2.73. The van der Waals surface area contributed by atoms with Gasteiger partial charge >= 0.3 is 0 Å². The monoisotopic (exact) mass is 442 g/mol. The van der Waals surface area contributed by atoms with Gasteiger partial charge in [-0.15, -0.1) is 11.6 Å². The molecule has 3 nitrogen and oxygen atoms in total. The number of Topliss-reactive ketones (excluding diaryl/α,β-unsaturated/α-hetero) is 1. The van der Waals surface area contributed by atoms with E-state index >= 15 is 0 Å². The summed E-state index contributed by atoms with van der Waals surface area (Å²) in [4.78, 5) is 12.3. The van der Waals surface area contributed by atoms with Crippen LogP contribution in [0.15, 0.2) is 0 Å². The maximum absolute atomic E-state index is 12.6. The molecule has 1 N–H and O–H groups in total. The van der Waals surface area contributed by atoms with Gasteiger partial charge in [-0.05, 0) is 41.6 Å². The number of carbonyl (C=O) groups excluding carboxylic acids is 1. The number of carbonyl (C=O) groups is 1. The van der Waals surface area contributed by atoms with Crippen LogP contribution in [0.5, 0.6) is 0 Å². The molecule has 6 heteroatoms. The lowest BCUT2D eigenvalue weighted by atomic mass is 9.47. The molecule has 2 bridgehead atoms. The molecule has 1 heterocycles. The maximum Gasteiger partial charge on any atom is 0.204 e. The van der Waals surface area contributed by atoms with Crippen LogP contribution in [0.3, 0.4) is 0 Å². The first-order valence-corrected chi connectivity index (χ1v) is 9.42. The molecule has 0 unspecified atom stereocenters. The van der Waals surface area contributed by atoms with Crippen molar-refractivity contribution in [1.29, 1.82) is 0 Å². The van der Waals surface area contributed by atoms with Gasteiger partial charge in [0.25, 0.3) is 0 Å². The van der Waals surface area contributed by atoms with Gasteiger partial charge in [0, 0.05) is 15.7 Å². The van der Waals surface area contributed by atoms with E-state index in [1.807, 2.05) is 13.8 Å². The summed E-state index contributed by atoms with van der Waals surface area (Å²) in [7, 11) is 0. The Bertz CT molecular complexity index is 509. The standard InChI is InChI=1S/C15H21Br2ClO3/c1-7-10(19)11(20)15(17)12(2,3)14(7)5-8(16)13(4,18)6-9(14)21-15/h7-10,19H,5-6H2,1-4H3/t7-,8+,9+,10+,13+,14+,15+/m1/s1. The molecule has 2 saturated carbocycles. The zero-order valence-corrected chi connectivity index (χ0v) is 16.5. The Labute approximate surface area is 147 Å². The second kappa shape index (κ2) is 4.47. The first-order valence-electron chi connectivity index (χ1n) is 7.34. The van der Waals surface area contributed by atoms with E-state index < -0.39 is 20.9 Å². The number of aliphatic hydroxyl groups is 1. The lowest BCUT2D eigenvalue weighted by molar-refractivity contribution is -0.159. The summed E-state index contributed by atoms with van der Waals surface area (Å²) in [6.07, 6.45) is 0.302. The molecule has 21 heavy (non-hydrogen) atoms. The van der Waals surface area contributed by atoms with Gasteiger partial charge in [0.2, 0.25) is 5.78 Å². The highest BCUT2D eigenvalue weighted by Gasteiger charge is 2.79. The van der Waals surface area contributed by atoms with Crippen LogP contribution in [0.1, 0.15) is 40.5 Å². The SMILES string of the molecule is C[C@@H]1[C@H](O)C(=O)[C@]2(Br)O[C@H]3C[C@](C)(Cl)[C@@H](Br)C[C@@]31C2(C)C. The van der Waals surface area contributed by atoms with Crippen LogP contribution in [-0.4, -0.2) is 37.3 Å². The Morgan fingerprint density at radius 3 is 2.48 bits per heavy atom. The fourth-order valence-corrected chi connectivity index (χ4v) is 6.64. The first-order chi connectivity index (χ1) is 9.42. The minimum atomic E-state index is -1.12. The number of hydrogen-bond acceptors (Lipinski definition) is 3. The van der Waals surface area contributed by atoms with E-state index in [0.29, 0.717) is 6.42 Å². The Balaban J connectivity index is 2.19. The van der Waals surface area contributed by atoms with Crippen molar-refractivity contribution in [3.63, 3.8) is 0 Å². The number of ether oxygens (including phenoxy) is 1. The minimum absolute atomic E-state index is 0.114. The predicted octanol–water partition coefficient (Wildman–Crippen LogP) is 3.62. The van der Waals surface area contributed by atoms with Crippen LogP contribution in [0.4, 0.5) is 0 Å². The molecule has 0 amide bonds. The van der Waals surface area contributed by atoms with Crippen LogP contribution in [-0.2, 0) is 9.53 Å². The third kappa shape index (κ3) is 1.71. The molecule has 0 aromatic rings. The molecule has 0 radical (unpaired) electrons. The Morgan fingerprint density at radius 1 is 1.33 bits per heavy atom. The number of aliphatic hydroxyl groups excluding tert-OH is 1. The molecule has 1 aliphatic heterocycles. The number of halogens is 3. The van der Waals surface area contributed by atoms with Crippen molar-refractivity contribution in [3.05, 3.63) is 0 Å². The molecule has 1 spiro atoms. The smallest absolute Gasteiger partial charge is 0.204 e. The summed E-state index contributed by atoms with van der Waals surface area (Å²) in [5, 5.41) is 10.5. The fourth-order valence-electron chi connectivity index (χ4n) is 4.87. The van der Waals surface area contributed by atoms with Crippen LogP contribution in [0, 0.1) is 16.7 Å². The highest BCUT2D eigenvalue weighted by molar-refractivity contribution is 9.10. The molecule has 0 aromatic carbocycles. The number of rotatable bonds is 0. The second-order valence-corrected chi connectivity index (χ2v) is 10.7. The van der Waals surface area contributed by atoms with Gasteiger partial charge in [0.05, 0.1) is 11.0 Å². The minimum Gasteiger partial charge on any atom is -0.385 e. The summed E-state index contributed by atoms with van der Waals surface area (Å²) in [5.74, 6) is -0.423. The number of alkyl halides is 3. The lowest BCUT2D eigenvalue weighted by Crippen LogP contribution is -2.66. The van der Waals surface area contributed by atoms with Gasteiger partial charge in [-0.3, -0.25) is 4.79 Å². The largest absolute Gasteiger partial charge is 0.385 e. The van der Waals surface area contributed by atoms with Crippen molar-refractivity contribution in [2.75, 3.05) is 0 Å². The molecular formula is C15H21Br2ClO3. The van der Waals surface area contributed by atoms with E-state index in [1.54, 1.807) is 0 Å². The van der Waals surface area contributed by atoms with E-state index in [0.717, 1.165) is 6.42 Å². The first kappa shape index (κ1) is 16.7. The molecule has 1 saturated heterocycles. The van der Waals surface area contributed by atoms with Crippen molar-refractivity contribution in [2.45, 2.75) is 67.0 Å². The molecule has 120 valence electrons. The third-order valence-electron chi connectivity index (χ3n) is 6.47. The quantitative estimate of drug-likeness (QED) is 0.581. The summed E-state index contributed by atoms with van der Waals surface area (Å²) in [6, 6.07) is 0. The fraction of sp³-hybridized carbons (Fsp3) is 0.933. The average Bonchev–Trinajstić information content (AvgIpc) is 2.50. The van der Waals surface area contributed by atoms with Crippen LogP contribution in [0.25, 0.3) is 0 Å². The Hall–Kier alpha value is 0.840. The van der Waals surface area contributed by atoms with Crippen molar-refractivity contribution < 1.29 is 14.6 Å². The van der Waals surface area contributed by atoms with E-state index in [-0.39, 0.29) is 28.0 Å². The lowest BCUT2D eigenvalue weighted by Gasteiger charge is -2.58. The summed E-state index contributed by atoms with van der Waals surface area (Å²) in [6.45, 7) is 8.11. The van der Waals surface area contributed by atoms with Gasteiger partial charge in [0.1, 0.15) is 6.10 Å². The highest BCUT2D eigenvalue weighted by atomic mass is 79.9. The number of ketones is 1. The van der Waals surface area contributed by atoms with Gasteiger partial charge in [-0.1, -0.05) is 36.7 Å². The zero-order valence-electron chi connectivity index (χ0n) is 12.6.